The van der Waals surface area contributed by atoms with E-state index in [2.05, 4.69) is 17.2 Å². The Morgan fingerprint density at radius 1 is 1.70 bits per heavy atom. The molecule has 1 aliphatic rings. The second-order valence-corrected chi connectivity index (χ2v) is 2.48. The maximum atomic E-state index is 5.61. The van der Waals surface area contributed by atoms with Crippen molar-refractivity contribution in [1.82, 2.24) is 0 Å². The van der Waals surface area contributed by atoms with Gasteiger partial charge in [0.1, 0.15) is 0 Å². The molecule has 0 spiro atoms. The Hall–Kier alpha value is -0.700. The third-order valence-corrected chi connectivity index (χ3v) is 1.73. The molecule has 0 amide bonds. The van der Waals surface area contributed by atoms with Gasteiger partial charge < -0.3 is 5.73 Å². The van der Waals surface area contributed by atoms with E-state index in [0.717, 1.165) is 5.71 Å². The second-order valence-electron chi connectivity index (χ2n) is 2.28. The summed E-state index contributed by atoms with van der Waals surface area (Å²) in [6.07, 6.45) is 5.79. The van der Waals surface area contributed by atoms with Crippen LogP contribution in [-0.4, -0.2) is 5.71 Å². The van der Waals surface area contributed by atoms with E-state index in [-0.39, 0.29) is 0 Å². The molecule has 0 heterocycles. The average Bonchev–Trinajstić information content (AvgIpc) is 1.88. The first-order valence-corrected chi connectivity index (χ1v) is 3.52. The first-order chi connectivity index (χ1) is 4.75. The van der Waals surface area contributed by atoms with Gasteiger partial charge in [-0.25, -0.2) is 4.40 Å². The summed E-state index contributed by atoms with van der Waals surface area (Å²) in [4.78, 5) is 0. The van der Waals surface area contributed by atoms with Crippen LogP contribution in [0.25, 0.3) is 0 Å². The summed E-state index contributed by atoms with van der Waals surface area (Å²) in [6.45, 7) is 2.03. The van der Waals surface area contributed by atoms with Crippen LogP contribution in [0, 0.1) is 5.92 Å². The molecule has 0 fully saturated rings. The Morgan fingerprint density at radius 2 is 2.40 bits per heavy atom. The molecule has 0 bridgehead atoms. The minimum Gasteiger partial charge on any atom is -0.397 e. The normalized spacial score (nSPS) is 28.8. The van der Waals surface area contributed by atoms with Gasteiger partial charge in [-0.3, -0.25) is 0 Å². The molecule has 0 saturated heterocycles. The number of hydrogen-bond acceptors (Lipinski definition) is 3. The Labute approximate surface area is 66.1 Å². The minimum atomic E-state index is 0.294. The van der Waals surface area contributed by atoms with Crippen LogP contribution in [-0.2, 0) is 0 Å². The largest absolute Gasteiger partial charge is 0.397 e. The Kier molecular flexibility index (Phi) is 2.17. The van der Waals surface area contributed by atoms with Gasteiger partial charge in [0.25, 0.3) is 0 Å². The second kappa shape index (κ2) is 2.92. The van der Waals surface area contributed by atoms with E-state index in [9.17, 15) is 0 Å². The molecule has 0 aromatic rings. The standard InChI is InChI=1S/C7H10N2S/c1-5-3-2-4-6(8)7(5)9-10/h2-5,10H,8H2,1H3/b9-7+. The van der Waals surface area contributed by atoms with Gasteiger partial charge in [-0.05, 0) is 18.9 Å². The monoisotopic (exact) mass is 154 g/mol. The van der Waals surface area contributed by atoms with Crippen molar-refractivity contribution >= 4 is 18.5 Å². The number of thiol groups is 1. The maximum absolute atomic E-state index is 5.61. The lowest BCUT2D eigenvalue weighted by Crippen LogP contribution is -2.19. The number of nitrogens with two attached hydrogens (primary N) is 1. The summed E-state index contributed by atoms with van der Waals surface area (Å²) in [6, 6.07) is 0. The number of hydrogen-bond donors (Lipinski definition) is 2. The average molecular weight is 154 g/mol. The molecule has 0 aliphatic heterocycles. The lowest BCUT2D eigenvalue weighted by Gasteiger charge is -2.12. The first kappa shape index (κ1) is 7.41. The molecular weight excluding hydrogens is 144 g/mol. The Morgan fingerprint density at radius 3 is 2.80 bits per heavy atom. The lowest BCUT2D eigenvalue weighted by atomic mass is 9.98. The summed E-state index contributed by atoms with van der Waals surface area (Å²) in [5.41, 5.74) is 7.18. The van der Waals surface area contributed by atoms with Gasteiger partial charge in [0, 0.05) is 5.92 Å². The fourth-order valence-electron chi connectivity index (χ4n) is 0.914. The van der Waals surface area contributed by atoms with Gasteiger partial charge in [0.05, 0.1) is 11.4 Å². The van der Waals surface area contributed by atoms with Crippen molar-refractivity contribution in [1.29, 1.82) is 0 Å². The van der Waals surface area contributed by atoms with Crippen LogP contribution < -0.4 is 5.73 Å². The van der Waals surface area contributed by atoms with Crippen LogP contribution in [0.1, 0.15) is 6.92 Å². The molecule has 0 aromatic heterocycles. The van der Waals surface area contributed by atoms with Crippen LogP contribution >= 0.6 is 12.8 Å². The summed E-state index contributed by atoms with van der Waals surface area (Å²) >= 11 is 3.82. The highest BCUT2D eigenvalue weighted by atomic mass is 32.1. The third kappa shape index (κ3) is 1.24. The lowest BCUT2D eigenvalue weighted by molar-refractivity contribution is 0.984. The maximum Gasteiger partial charge on any atom is 0.0778 e. The first-order valence-electron chi connectivity index (χ1n) is 3.12. The molecule has 1 unspecified atom stereocenters. The molecule has 3 heteroatoms. The predicted octanol–water partition coefficient (Wildman–Crippen LogP) is 1.32. The molecular formula is C7H10N2S. The molecule has 2 N–H and O–H groups in total. The summed E-state index contributed by atoms with van der Waals surface area (Å²) in [5, 5.41) is 0. The van der Waals surface area contributed by atoms with Gasteiger partial charge in [-0.15, -0.1) is 0 Å². The van der Waals surface area contributed by atoms with Crippen molar-refractivity contribution < 1.29 is 0 Å². The van der Waals surface area contributed by atoms with E-state index in [1.807, 2.05) is 25.2 Å². The topological polar surface area (TPSA) is 38.4 Å². The van der Waals surface area contributed by atoms with Crippen molar-refractivity contribution in [3.63, 3.8) is 0 Å². The third-order valence-electron chi connectivity index (χ3n) is 1.51. The van der Waals surface area contributed by atoms with E-state index in [0.29, 0.717) is 11.6 Å². The van der Waals surface area contributed by atoms with Crippen LogP contribution in [0.4, 0.5) is 0 Å². The minimum absolute atomic E-state index is 0.294. The number of allylic oxidation sites excluding steroid dienone is 4. The van der Waals surface area contributed by atoms with Gasteiger partial charge in [-0.1, -0.05) is 19.1 Å². The number of nitrogens with zero attached hydrogens (tertiary/aromatic N) is 1. The fraction of sp³-hybridized carbons (Fsp3) is 0.286. The van der Waals surface area contributed by atoms with Gasteiger partial charge >= 0.3 is 0 Å². The Bertz CT molecular complexity index is 216. The van der Waals surface area contributed by atoms with Crippen LogP contribution in [0.15, 0.2) is 28.3 Å². The van der Waals surface area contributed by atoms with Crippen LogP contribution in [0.3, 0.4) is 0 Å². The van der Waals surface area contributed by atoms with Crippen molar-refractivity contribution in [3.05, 3.63) is 23.9 Å². The van der Waals surface area contributed by atoms with Crippen molar-refractivity contribution in [3.8, 4) is 0 Å². The Balaban J connectivity index is 2.93. The van der Waals surface area contributed by atoms with Crippen molar-refractivity contribution in [2.24, 2.45) is 16.0 Å². The molecule has 0 aromatic carbocycles. The highest BCUT2D eigenvalue weighted by Gasteiger charge is 2.11. The molecule has 0 radical (unpaired) electrons. The molecule has 2 nitrogen and oxygen atoms in total. The van der Waals surface area contributed by atoms with Crippen molar-refractivity contribution in [2.45, 2.75) is 6.92 Å². The zero-order valence-electron chi connectivity index (χ0n) is 5.78. The molecule has 1 atom stereocenters. The molecule has 1 aliphatic carbocycles. The molecule has 0 saturated carbocycles. The summed E-state index contributed by atoms with van der Waals surface area (Å²) < 4.78 is 3.78. The highest BCUT2D eigenvalue weighted by molar-refractivity contribution is 7.79. The van der Waals surface area contributed by atoms with E-state index in [1.165, 1.54) is 0 Å². The van der Waals surface area contributed by atoms with E-state index in [1.54, 1.807) is 0 Å². The van der Waals surface area contributed by atoms with E-state index < -0.39 is 0 Å². The molecule has 10 heavy (non-hydrogen) atoms. The summed E-state index contributed by atoms with van der Waals surface area (Å²) in [7, 11) is 0. The fourth-order valence-corrected chi connectivity index (χ4v) is 1.21. The van der Waals surface area contributed by atoms with Gasteiger partial charge in [0.2, 0.25) is 0 Å². The highest BCUT2D eigenvalue weighted by Crippen LogP contribution is 2.12. The smallest absolute Gasteiger partial charge is 0.0778 e. The number of rotatable bonds is 0. The zero-order valence-corrected chi connectivity index (χ0v) is 6.68. The van der Waals surface area contributed by atoms with Crippen molar-refractivity contribution in [2.75, 3.05) is 0 Å². The zero-order chi connectivity index (χ0) is 7.56. The van der Waals surface area contributed by atoms with Gasteiger partial charge in [-0.2, -0.15) is 0 Å². The van der Waals surface area contributed by atoms with Gasteiger partial charge in [0.15, 0.2) is 0 Å². The summed E-state index contributed by atoms with van der Waals surface area (Å²) in [5.74, 6) is 0.294. The predicted molar refractivity (Wildman–Crippen MR) is 47.0 cm³/mol. The molecule has 1 rings (SSSR count). The molecule has 54 valence electrons. The van der Waals surface area contributed by atoms with Crippen LogP contribution in [0.5, 0.6) is 0 Å². The van der Waals surface area contributed by atoms with E-state index in [4.69, 9.17) is 5.73 Å². The quantitative estimate of drug-likeness (QED) is 0.507. The SMILES string of the molecule is CC1C=CC=C(N)/C1=N/S. The van der Waals surface area contributed by atoms with E-state index >= 15 is 0 Å². The van der Waals surface area contributed by atoms with Crippen LogP contribution in [0.2, 0.25) is 0 Å².